The summed E-state index contributed by atoms with van der Waals surface area (Å²) in [4.78, 5) is 12.0. The zero-order chi connectivity index (χ0) is 13.0. The van der Waals surface area contributed by atoms with Gasteiger partial charge >= 0.3 is 0 Å². The molecule has 1 aliphatic heterocycles. The molecule has 2 rings (SSSR count). The monoisotopic (exact) mass is 347 g/mol. The summed E-state index contributed by atoms with van der Waals surface area (Å²) in [6.07, 6.45) is 2.89. The first-order valence-corrected chi connectivity index (χ1v) is 8.30. The average molecular weight is 349 g/mol. The number of amides is 1. The van der Waals surface area contributed by atoms with E-state index in [1.165, 1.54) is 11.5 Å². The normalized spacial score (nSPS) is 16.6. The van der Waals surface area contributed by atoms with Crippen molar-refractivity contribution in [2.24, 2.45) is 5.92 Å². The molecule has 0 aromatic heterocycles. The van der Waals surface area contributed by atoms with Crippen LogP contribution in [0.1, 0.15) is 19.3 Å². The number of benzene rings is 1. The lowest BCUT2D eigenvalue weighted by molar-refractivity contribution is -0.117. The van der Waals surface area contributed by atoms with Gasteiger partial charge in [0, 0.05) is 10.9 Å². The standard InChI is InChI=1S/C13H15BrClNOS/c14-10-1-2-11(15)12(8-10)16-13(17)7-9-3-5-18-6-4-9/h1-2,8-9H,3-7H2,(H,16,17). The Morgan fingerprint density at radius 3 is 2.89 bits per heavy atom. The van der Waals surface area contributed by atoms with E-state index in [1.807, 2.05) is 23.9 Å². The van der Waals surface area contributed by atoms with Crippen molar-refractivity contribution in [2.75, 3.05) is 16.8 Å². The topological polar surface area (TPSA) is 29.1 Å². The van der Waals surface area contributed by atoms with Crippen LogP contribution in [0.25, 0.3) is 0 Å². The van der Waals surface area contributed by atoms with Gasteiger partial charge in [0.05, 0.1) is 10.7 Å². The van der Waals surface area contributed by atoms with Gasteiger partial charge in [-0.25, -0.2) is 0 Å². The summed E-state index contributed by atoms with van der Waals surface area (Å²) in [5, 5.41) is 3.47. The van der Waals surface area contributed by atoms with Crippen LogP contribution in [0.4, 0.5) is 5.69 Å². The highest BCUT2D eigenvalue weighted by Gasteiger charge is 2.17. The van der Waals surface area contributed by atoms with Gasteiger partial charge < -0.3 is 5.32 Å². The molecule has 0 spiro atoms. The molecule has 98 valence electrons. The Labute approximate surface area is 125 Å². The van der Waals surface area contributed by atoms with Crippen molar-refractivity contribution < 1.29 is 4.79 Å². The Hall–Kier alpha value is -0.190. The van der Waals surface area contributed by atoms with E-state index in [2.05, 4.69) is 21.2 Å². The molecule has 1 aromatic rings. The van der Waals surface area contributed by atoms with Gasteiger partial charge in [0.25, 0.3) is 0 Å². The van der Waals surface area contributed by atoms with Gasteiger partial charge in [0.1, 0.15) is 0 Å². The predicted octanol–water partition coefficient (Wildman–Crippen LogP) is 4.57. The molecule has 1 amide bonds. The van der Waals surface area contributed by atoms with Gasteiger partial charge in [0.2, 0.25) is 5.91 Å². The van der Waals surface area contributed by atoms with E-state index in [9.17, 15) is 4.79 Å². The molecule has 0 aliphatic carbocycles. The fourth-order valence-corrected chi connectivity index (χ4v) is 3.74. The van der Waals surface area contributed by atoms with Crippen LogP contribution >= 0.6 is 39.3 Å². The number of nitrogens with one attached hydrogen (secondary N) is 1. The Balaban J connectivity index is 1.92. The van der Waals surface area contributed by atoms with Crippen molar-refractivity contribution in [3.05, 3.63) is 27.7 Å². The number of halogens is 2. The van der Waals surface area contributed by atoms with Gasteiger partial charge in [-0.3, -0.25) is 4.79 Å². The molecule has 2 nitrogen and oxygen atoms in total. The van der Waals surface area contributed by atoms with Crippen LogP contribution in [0.2, 0.25) is 5.02 Å². The average Bonchev–Trinajstić information content (AvgIpc) is 2.35. The first kappa shape index (κ1) is 14.2. The van der Waals surface area contributed by atoms with Crippen molar-refractivity contribution in [3.8, 4) is 0 Å². The van der Waals surface area contributed by atoms with Crippen LogP contribution in [0.3, 0.4) is 0 Å². The smallest absolute Gasteiger partial charge is 0.224 e. The molecular formula is C13H15BrClNOS. The van der Waals surface area contributed by atoms with E-state index in [0.717, 1.165) is 17.3 Å². The highest BCUT2D eigenvalue weighted by atomic mass is 79.9. The second kappa shape index (κ2) is 6.83. The molecule has 0 saturated carbocycles. The highest BCUT2D eigenvalue weighted by Crippen LogP contribution is 2.28. The Morgan fingerprint density at radius 2 is 2.17 bits per heavy atom. The fraction of sp³-hybridized carbons (Fsp3) is 0.462. The lowest BCUT2D eigenvalue weighted by atomic mass is 9.98. The van der Waals surface area contributed by atoms with Gasteiger partial charge in [-0.2, -0.15) is 11.8 Å². The Kier molecular flexibility index (Phi) is 5.39. The number of hydrogen-bond donors (Lipinski definition) is 1. The van der Waals surface area contributed by atoms with E-state index in [4.69, 9.17) is 11.6 Å². The maximum absolute atomic E-state index is 12.0. The SMILES string of the molecule is O=C(CC1CCSCC1)Nc1cc(Br)ccc1Cl. The summed E-state index contributed by atoms with van der Waals surface area (Å²) in [7, 11) is 0. The first-order chi connectivity index (χ1) is 8.65. The van der Waals surface area contributed by atoms with Crippen LogP contribution in [0.5, 0.6) is 0 Å². The van der Waals surface area contributed by atoms with Crippen LogP contribution in [0.15, 0.2) is 22.7 Å². The van der Waals surface area contributed by atoms with Crippen molar-refractivity contribution in [1.29, 1.82) is 0 Å². The molecule has 1 N–H and O–H groups in total. The minimum Gasteiger partial charge on any atom is -0.325 e. The van der Waals surface area contributed by atoms with Crippen molar-refractivity contribution in [2.45, 2.75) is 19.3 Å². The van der Waals surface area contributed by atoms with Crippen LogP contribution < -0.4 is 5.32 Å². The third kappa shape index (κ3) is 4.18. The molecule has 1 aliphatic rings. The molecule has 0 atom stereocenters. The van der Waals surface area contributed by atoms with Crippen molar-refractivity contribution >= 4 is 50.9 Å². The lowest BCUT2D eigenvalue weighted by Crippen LogP contribution is -2.19. The van der Waals surface area contributed by atoms with E-state index in [-0.39, 0.29) is 5.91 Å². The molecule has 0 bridgehead atoms. The fourth-order valence-electron chi connectivity index (χ4n) is 2.01. The second-order valence-electron chi connectivity index (χ2n) is 4.43. The zero-order valence-corrected chi connectivity index (χ0v) is 13.1. The largest absolute Gasteiger partial charge is 0.325 e. The summed E-state index contributed by atoms with van der Waals surface area (Å²) < 4.78 is 0.913. The molecule has 1 aromatic carbocycles. The van der Waals surface area contributed by atoms with E-state index in [0.29, 0.717) is 23.0 Å². The Morgan fingerprint density at radius 1 is 1.44 bits per heavy atom. The van der Waals surface area contributed by atoms with Crippen molar-refractivity contribution in [3.63, 3.8) is 0 Å². The molecule has 18 heavy (non-hydrogen) atoms. The summed E-state index contributed by atoms with van der Waals surface area (Å²) in [5.74, 6) is 2.94. The zero-order valence-electron chi connectivity index (χ0n) is 9.92. The maximum atomic E-state index is 12.0. The van der Waals surface area contributed by atoms with E-state index in [1.54, 1.807) is 6.07 Å². The molecule has 5 heteroatoms. The minimum absolute atomic E-state index is 0.0619. The molecule has 1 heterocycles. The molecule has 1 saturated heterocycles. The van der Waals surface area contributed by atoms with Crippen LogP contribution in [0, 0.1) is 5.92 Å². The minimum atomic E-state index is 0.0619. The first-order valence-electron chi connectivity index (χ1n) is 5.98. The quantitative estimate of drug-likeness (QED) is 0.866. The molecule has 1 fully saturated rings. The van der Waals surface area contributed by atoms with Gasteiger partial charge in [-0.15, -0.1) is 0 Å². The molecule has 0 unspecified atom stereocenters. The van der Waals surface area contributed by atoms with Crippen LogP contribution in [-0.2, 0) is 4.79 Å². The summed E-state index contributed by atoms with van der Waals surface area (Å²) >= 11 is 11.4. The number of carbonyl (C=O) groups is 1. The third-order valence-electron chi connectivity index (χ3n) is 3.02. The molecular weight excluding hydrogens is 334 g/mol. The summed E-state index contributed by atoms with van der Waals surface area (Å²) in [6.45, 7) is 0. The Bertz CT molecular complexity index is 435. The van der Waals surface area contributed by atoms with Gasteiger partial charge in [-0.05, 0) is 48.5 Å². The number of rotatable bonds is 3. The summed E-state index contributed by atoms with van der Waals surface area (Å²) in [5.41, 5.74) is 0.682. The van der Waals surface area contributed by atoms with E-state index < -0.39 is 0 Å². The van der Waals surface area contributed by atoms with Gasteiger partial charge in [0.15, 0.2) is 0 Å². The number of thioether (sulfide) groups is 1. The van der Waals surface area contributed by atoms with E-state index >= 15 is 0 Å². The molecule has 0 radical (unpaired) electrons. The number of carbonyl (C=O) groups excluding carboxylic acids is 1. The van der Waals surface area contributed by atoms with Crippen molar-refractivity contribution in [1.82, 2.24) is 0 Å². The maximum Gasteiger partial charge on any atom is 0.224 e. The number of hydrogen-bond acceptors (Lipinski definition) is 2. The van der Waals surface area contributed by atoms with Crippen LogP contribution in [-0.4, -0.2) is 17.4 Å². The highest BCUT2D eigenvalue weighted by molar-refractivity contribution is 9.10. The van der Waals surface area contributed by atoms with Gasteiger partial charge in [-0.1, -0.05) is 27.5 Å². The third-order valence-corrected chi connectivity index (χ3v) is 4.89. The summed E-state index contributed by atoms with van der Waals surface area (Å²) in [6, 6.07) is 5.46. The lowest BCUT2D eigenvalue weighted by Gasteiger charge is -2.20. The number of anilines is 1. The second-order valence-corrected chi connectivity index (χ2v) is 6.98. The predicted molar refractivity (Wildman–Crippen MR) is 82.4 cm³/mol.